The lowest BCUT2D eigenvalue weighted by atomic mass is 9.91. The third-order valence-corrected chi connectivity index (χ3v) is 4.76. The molecule has 2 fully saturated rings. The fourth-order valence-corrected chi connectivity index (χ4v) is 3.65. The zero-order valence-electron chi connectivity index (χ0n) is 12.8. The molecule has 1 N–H and O–H groups in total. The SMILES string of the molecule is CC(C)CNCC1CCN(C2CCC(C)(C)C2)C1. The van der Waals surface area contributed by atoms with Gasteiger partial charge in [-0.05, 0) is 62.6 Å². The Morgan fingerprint density at radius 2 is 2.06 bits per heavy atom. The summed E-state index contributed by atoms with van der Waals surface area (Å²) in [5, 5.41) is 3.63. The molecule has 0 bridgehead atoms. The van der Waals surface area contributed by atoms with Crippen molar-refractivity contribution in [2.24, 2.45) is 17.3 Å². The standard InChI is InChI=1S/C16H32N2/c1-13(2)10-17-11-14-6-8-18(12-14)15-5-7-16(3,4)9-15/h13-15,17H,5-12H2,1-4H3. The first-order valence-electron chi connectivity index (χ1n) is 7.91. The minimum absolute atomic E-state index is 0.596. The summed E-state index contributed by atoms with van der Waals surface area (Å²) in [6.07, 6.45) is 5.67. The van der Waals surface area contributed by atoms with Gasteiger partial charge in [0.05, 0.1) is 0 Å². The molecule has 1 aliphatic carbocycles. The molecule has 1 aliphatic heterocycles. The predicted octanol–water partition coefficient (Wildman–Crippen LogP) is 3.13. The van der Waals surface area contributed by atoms with Crippen molar-refractivity contribution in [1.82, 2.24) is 10.2 Å². The summed E-state index contributed by atoms with van der Waals surface area (Å²) in [6, 6.07) is 0.884. The van der Waals surface area contributed by atoms with E-state index in [2.05, 4.69) is 37.9 Å². The van der Waals surface area contributed by atoms with Crippen LogP contribution in [0.1, 0.15) is 53.4 Å². The molecule has 1 saturated heterocycles. The first-order valence-corrected chi connectivity index (χ1v) is 7.91. The van der Waals surface area contributed by atoms with Crippen molar-refractivity contribution in [2.75, 3.05) is 26.2 Å². The normalized spacial score (nSPS) is 32.5. The second-order valence-corrected chi connectivity index (χ2v) is 7.76. The van der Waals surface area contributed by atoms with E-state index in [9.17, 15) is 0 Å². The van der Waals surface area contributed by atoms with E-state index in [4.69, 9.17) is 0 Å². The minimum atomic E-state index is 0.596. The van der Waals surface area contributed by atoms with Gasteiger partial charge in [0.15, 0.2) is 0 Å². The second kappa shape index (κ2) is 5.92. The first kappa shape index (κ1) is 14.3. The molecule has 2 aliphatic rings. The number of hydrogen-bond acceptors (Lipinski definition) is 2. The molecule has 2 nitrogen and oxygen atoms in total. The van der Waals surface area contributed by atoms with Crippen LogP contribution in [0.5, 0.6) is 0 Å². The summed E-state index contributed by atoms with van der Waals surface area (Å²) in [5.74, 6) is 1.67. The van der Waals surface area contributed by atoms with Gasteiger partial charge >= 0.3 is 0 Å². The molecule has 0 spiro atoms. The molecular weight excluding hydrogens is 220 g/mol. The van der Waals surface area contributed by atoms with Crippen molar-refractivity contribution in [2.45, 2.75) is 59.4 Å². The monoisotopic (exact) mass is 252 g/mol. The Bertz CT molecular complexity index is 260. The topological polar surface area (TPSA) is 15.3 Å². The molecule has 1 saturated carbocycles. The van der Waals surface area contributed by atoms with E-state index in [1.807, 2.05) is 0 Å². The van der Waals surface area contributed by atoms with Gasteiger partial charge in [0.1, 0.15) is 0 Å². The van der Waals surface area contributed by atoms with Crippen LogP contribution in [-0.2, 0) is 0 Å². The Kier molecular flexibility index (Phi) is 4.71. The van der Waals surface area contributed by atoms with Gasteiger partial charge in [0.25, 0.3) is 0 Å². The average Bonchev–Trinajstić information content (AvgIpc) is 2.84. The summed E-state index contributed by atoms with van der Waals surface area (Å²) in [5.41, 5.74) is 0.596. The van der Waals surface area contributed by atoms with E-state index < -0.39 is 0 Å². The number of likely N-dealkylation sites (tertiary alicyclic amines) is 1. The van der Waals surface area contributed by atoms with E-state index in [1.165, 1.54) is 51.9 Å². The molecule has 0 aromatic heterocycles. The highest BCUT2D eigenvalue weighted by Crippen LogP contribution is 2.40. The van der Waals surface area contributed by atoms with E-state index in [-0.39, 0.29) is 0 Å². The fourth-order valence-electron chi connectivity index (χ4n) is 3.65. The molecule has 0 amide bonds. The van der Waals surface area contributed by atoms with Gasteiger partial charge < -0.3 is 10.2 Å². The van der Waals surface area contributed by atoms with Gasteiger partial charge in [-0.1, -0.05) is 27.7 Å². The maximum Gasteiger partial charge on any atom is 0.0101 e. The van der Waals surface area contributed by atoms with Crippen LogP contribution >= 0.6 is 0 Å². The summed E-state index contributed by atoms with van der Waals surface area (Å²) in [7, 11) is 0. The van der Waals surface area contributed by atoms with Gasteiger partial charge in [0, 0.05) is 12.6 Å². The molecule has 1 heterocycles. The number of nitrogens with zero attached hydrogens (tertiary/aromatic N) is 1. The van der Waals surface area contributed by atoms with Crippen molar-refractivity contribution >= 4 is 0 Å². The van der Waals surface area contributed by atoms with Crippen LogP contribution in [0.25, 0.3) is 0 Å². The van der Waals surface area contributed by atoms with Crippen LogP contribution in [-0.4, -0.2) is 37.1 Å². The third-order valence-electron chi connectivity index (χ3n) is 4.76. The van der Waals surface area contributed by atoms with Gasteiger partial charge in [-0.25, -0.2) is 0 Å². The van der Waals surface area contributed by atoms with Crippen molar-refractivity contribution in [3.63, 3.8) is 0 Å². The Hall–Kier alpha value is -0.0800. The zero-order chi connectivity index (χ0) is 13.2. The summed E-state index contributed by atoms with van der Waals surface area (Å²) in [6.45, 7) is 14.5. The quantitative estimate of drug-likeness (QED) is 0.809. The highest BCUT2D eigenvalue weighted by atomic mass is 15.2. The average molecular weight is 252 g/mol. The molecule has 18 heavy (non-hydrogen) atoms. The van der Waals surface area contributed by atoms with Crippen LogP contribution < -0.4 is 5.32 Å². The van der Waals surface area contributed by atoms with Gasteiger partial charge in [0.2, 0.25) is 0 Å². The van der Waals surface area contributed by atoms with Crippen LogP contribution in [0.3, 0.4) is 0 Å². The second-order valence-electron chi connectivity index (χ2n) is 7.76. The number of nitrogens with one attached hydrogen (secondary N) is 1. The predicted molar refractivity (Wildman–Crippen MR) is 78.8 cm³/mol. The third kappa shape index (κ3) is 3.96. The lowest BCUT2D eigenvalue weighted by Crippen LogP contribution is -2.34. The van der Waals surface area contributed by atoms with E-state index in [1.54, 1.807) is 0 Å². The zero-order valence-corrected chi connectivity index (χ0v) is 12.8. The highest BCUT2D eigenvalue weighted by Gasteiger charge is 2.36. The largest absolute Gasteiger partial charge is 0.316 e. The van der Waals surface area contributed by atoms with E-state index >= 15 is 0 Å². The first-order chi connectivity index (χ1) is 8.46. The smallest absolute Gasteiger partial charge is 0.0101 e. The van der Waals surface area contributed by atoms with Crippen molar-refractivity contribution in [3.8, 4) is 0 Å². The van der Waals surface area contributed by atoms with Gasteiger partial charge in [-0.15, -0.1) is 0 Å². The fraction of sp³-hybridized carbons (Fsp3) is 1.00. The highest BCUT2D eigenvalue weighted by molar-refractivity contribution is 4.91. The Morgan fingerprint density at radius 1 is 1.28 bits per heavy atom. The van der Waals surface area contributed by atoms with Crippen LogP contribution in [0.15, 0.2) is 0 Å². The molecule has 2 atom stereocenters. The maximum atomic E-state index is 3.63. The molecule has 2 rings (SSSR count). The molecule has 0 aromatic carbocycles. The lowest BCUT2D eigenvalue weighted by molar-refractivity contribution is 0.219. The van der Waals surface area contributed by atoms with E-state index in [0.29, 0.717) is 5.41 Å². The summed E-state index contributed by atoms with van der Waals surface area (Å²) in [4.78, 5) is 2.77. The summed E-state index contributed by atoms with van der Waals surface area (Å²) < 4.78 is 0. The van der Waals surface area contributed by atoms with Gasteiger partial charge in [-0.2, -0.15) is 0 Å². The maximum absolute atomic E-state index is 3.63. The lowest BCUT2D eigenvalue weighted by Gasteiger charge is -2.25. The van der Waals surface area contributed by atoms with Crippen molar-refractivity contribution in [3.05, 3.63) is 0 Å². The number of rotatable bonds is 5. The Balaban J connectivity index is 1.69. The van der Waals surface area contributed by atoms with E-state index in [0.717, 1.165) is 17.9 Å². The Morgan fingerprint density at radius 3 is 2.67 bits per heavy atom. The molecular formula is C16H32N2. The van der Waals surface area contributed by atoms with Crippen molar-refractivity contribution < 1.29 is 0 Å². The van der Waals surface area contributed by atoms with Gasteiger partial charge in [-0.3, -0.25) is 0 Å². The number of hydrogen-bond donors (Lipinski definition) is 1. The summed E-state index contributed by atoms with van der Waals surface area (Å²) >= 11 is 0. The molecule has 0 aromatic rings. The molecule has 2 unspecified atom stereocenters. The minimum Gasteiger partial charge on any atom is -0.316 e. The molecule has 0 radical (unpaired) electrons. The van der Waals surface area contributed by atoms with Crippen LogP contribution in [0.2, 0.25) is 0 Å². The Labute approximate surface area is 114 Å². The molecule has 2 heteroatoms. The molecule has 106 valence electrons. The van der Waals surface area contributed by atoms with Crippen molar-refractivity contribution in [1.29, 1.82) is 0 Å². The van der Waals surface area contributed by atoms with Crippen LogP contribution in [0, 0.1) is 17.3 Å². The van der Waals surface area contributed by atoms with Crippen LogP contribution in [0.4, 0.5) is 0 Å².